The summed E-state index contributed by atoms with van der Waals surface area (Å²) in [6, 6.07) is 16.1. The van der Waals surface area contributed by atoms with Crippen LogP contribution in [0.1, 0.15) is 16.7 Å². The fourth-order valence-corrected chi connectivity index (χ4v) is 3.41. The van der Waals surface area contributed by atoms with E-state index in [1.165, 1.54) is 0 Å². The highest BCUT2D eigenvalue weighted by Crippen LogP contribution is 2.21. The van der Waals surface area contributed by atoms with E-state index in [0.717, 1.165) is 48.7 Å². The molecule has 2 aromatic rings. The molecule has 0 bridgehead atoms. The second-order valence-corrected chi connectivity index (χ2v) is 7.15. The lowest BCUT2D eigenvalue weighted by atomic mass is 10.1. The maximum atomic E-state index is 10.4. The van der Waals surface area contributed by atoms with Gasteiger partial charge in [0.1, 0.15) is 24.5 Å². The van der Waals surface area contributed by atoms with Crippen molar-refractivity contribution in [2.75, 3.05) is 44.2 Å². The number of hydrogen-bond donors (Lipinski definition) is 1. The highest BCUT2D eigenvalue weighted by atomic mass is 16.5. The molecule has 27 heavy (non-hydrogen) atoms. The second kappa shape index (κ2) is 8.90. The van der Waals surface area contributed by atoms with Crippen molar-refractivity contribution in [1.29, 1.82) is 5.26 Å². The van der Waals surface area contributed by atoms with Crippen molar-refractivity contribution in [1.82, 2.24) is 4.90 Å². The molecule has 1 saturated heterocycles. The summed E-state index contributed by atoms with van der Waals surface area (Å²) in [6.45, 7) is 8.36. The summed E-state index contributed by atoms with van der Waals surface area (Å²) in [6.07, 6.45) is -0.525. The Labute approximate surface area is 161 Å². The number of anilines is 1. The molecule has 3 rings (SSSR count). The van der Waals surface area contributed by atoms with Crippen LogP contribution in [0.15, 0.2) is 42.5 Å². The van der Waals surface area contributed by atoms with Crippen LogP contribution in [0.5, 0.6) is 5.75 Å². The molecule has 0 spiro atoms. The third kappa shape index (κ3) is 5.00. The van der Waals surface area contributed by atoms with Gasteiger partial charge in [0.25, 0.3) is 0 Å². The van der Waals surface area contributed by atoms with Crippen LogP contribution in [0.2, 0.25) is 0 Å². The molecular weight excluding hydrogens is 338 g/mol. The Morgan fingerprint density at radius 2 is 1.85 bits per heavy atom. The number of aliphatic hydroxyl groups excluding tert-OH is 1. The van der Waals surface area contributed by atoms with Gasteiger partial charge in [0.05, 0.1) is 11.3 Å². The number of hydrogen-bond acceptors (Lipinski definition) is 5. The Morgan fingerprint density at radius 3 is 2.59 bits per heavy atom. The molecule has 1 heterocycles. The largest absolute Gasteiger partial charge is 0.491 e. The molecular formula is C22H27N3O2. The van der Waals surface area contributed by atoms with Crippen LogP contribution in [-0.2, 0) is 0 Å². The summed E-state index contributed by atoms with van der Waals surface area (Å²) < 4.78 is 5.82. The van der Waals surface area contributed by atoms with Crippen molar-refractivity contribution in [2.24, 2.45) is 0 Å². The van der Waals surface area contributed by atoms with Crippen molar-refractivity contribution >= 4 is 5.69 Å². The third-order valence-corrected chi connectivity index (χ3v) is 4.98. The van der Waals surface area contributed by atoms with Gasteiger partial charge in [0.15, 0.2) is 0 Å². The van der Waals surface area contributed by atoms with E-state index in [0.29, 0.717) is 18.7 Å². The van der Waals surface area contributed by atoms with Gasteiger partial charge in [-0.2, -0.15) is 5.26 Å². The Kier molecular flexibility index (Phi) is 6.33. The topological polar surface area (TPSA) is 59.7 Å². The van der Waals surface area contributed by atoms with Crippen LogP contribution in [0.3, 0.4) is 0 Å². The van der Waals surface area contributed by atoms with E-state index < -0.39 is 6.10 Å². The molecule has 0 amide bonds. The summed E-state index contributed by atoms with van der Waals surface area (Å²) in [4.78, 5) is 4.50. The smallest absolute Gasteiger partial charge is 0.122 e. The summed E-state index contributed by atoms with van der Waals surface area (Å²) in [5, 5.41) is 19.6. The molecule has 0 radical (unpaired) electrons. The van der Waals surface area contributed by atoms with Crippen molar-refractivity contribution in [3.63, 3.8) is 0 Å². The van der Waals surface area contributed by atoms with Crippen LogP contribution in [0, 0.1) is 25.2 Å². The Balaban J connectivity index is 1.47. The molecule has 1 atom stereocenters. The number of nitrogens with zero attached hydrogens (tertiary/aromatic N) is 3. The van der Waals surface area contributed by atoms with Gasteiger partial charge in [0, 0.05) is 32.7 Å². The Bertz CT molecular complexity index is 807. The SMILES string of the molecule is Cc1ccc(C)c(OCC(O)CN2CCN(c3ccccc3C#N)CC2)c1. The van der Waals surface area contributed by atoms with Crippen LogP contribution < -0.4 is 9.64 Å². The molecule has 1 fully saturated rings. The van der Waals surface area contributed by atoms with Crippen LogP contribution >= 0.6 is 0 Å². The van der Waals surface area contributed by atoms with Gasteiger partial charge in [-0.05, 0) is 43.2 Å². The normalized spacial score (nSPS) is 16.0. The summed E-state index contributed by atoms with van der Waals surface area (Å²) in [5.41, 5.74) is 3.95. The van der Waals surface area contributed by atoms with Gasteiger partial charge < -0.3 is 14.7 Å². The number of piperazine rings is 1. The Morgan fingerprint density at radius 1 is 1.11 bits per heavy atom. The summed E-state index contributed by atoms with van der Waals surface area (Å²) in [5.74, 6) is 0.840. The molecule has 5 nitrogen and oxygen atoms in total. The van der Waals surface area contributed by atoms with E-state index in [-0.39, 0.29) is 0 Å². The van der Waals surface area contributed by atoms with E-state index >= 15 is 0 Å². The lowest BCUT2D eigenvalue weighted by molar-refractivity contribution is 0.0660. The number of para-hydroxylation sites is 1. The van der Waals surface area contributed by atoms with E-state index in [4.69, 9.17) is 4.74 Å². The second-order valence-electron chi connectivity index (χ2n) is 7.15. The molecule has 0 aromatic heterocycles. The lowest BCUT2D eigenvalue weighted by Crippen LogP contribution is -2.49. The van der Waals surface area contributed by atoms with Crippen molar-refractivity contribution in [3.05, 3.63) is 59.2 Å². The number of β-amino-alcohol motifs (C(OH)–C–C–N with tert-alkyl or cyclic N) is 1. The number of rotatable bonds is 6. The predicted molar refractivity (Wildman–Crippen MR) is 107 cm³/mol. The number of nitriles is 1. The highest BCUT2D eigenvalue weighted by molar-refractivity contribution is 5.59. The Hall–Kier alpha value is -2.55. The molecule has 0 saturated carbocycles. The van der Waals surface area contributed by atoms with E-state index in [1.807, 2.05) is 50.2 Å². The fraction of sp³-hybridized carbons (Fsp3) is 0.409. The van der Waals surface area contributed by atoms with E-state index in [9.17, 15) is 10.4 Å². The van der Waals surface area contributed by atoms with Gasteiger partial charge in [-0.15, -0.1) is 0 Å². The first kappa shape index (κ1) is 19.2. The van der Waals surface area contributed by atoms with Crippen LogP contribution in [0.4, 0.5) is 5.69 Å². The predicted octanol–water partition coefficient (Wildman–Crippen LogP) is 2.74. The van der Waals surface area contributed by atoms with Crippen molar-refractivity contribution < 1.29 is 9.84 Å². The third-order valence-electron chi connectivity index (χ3n) is 4.98. The highest BCUT2D eigenvalue weighted by Gasteiger charge is 2.21. The first-order chi connectivity index (χ1) is 13.1. The summed E-state index contributed by atoms with van der Waals surface area (Å²) in [7, 11) is 0. The summed E-state index contributed by atoms with van der Waals surface area (Å²) >= 11 is 0. The van der Waals surface area contributed by atoms with Crippen molar-refractivity contribution in [3.8, 4) is 11.8 Å². The molecule has 0 aliphatic carbocycles. The zero-order valence-electron chi connectivity index (χ0n) is 16.1. The van der Waals surface area contributed by atoms with Crippen LogP contribution in [0.25, 0.3) is 0 Å². The number of benzene rings is 2. The average molecular weight is 365 g/mol. The average Bonchev–Trinajstić information content (AvgIpc) is 2.69. The maximum Gasteiger partial charge on any atom is 0.122 e. The van der Waals surface area contributed by atoms with Gasteiger partial charge in [-0.3, -0.25) is 4.90 Å². The standard InChI is InChI=1S/C22H27N3O2/c1-17-7-8-18(2)22(13-17)27-16-20(26)15-24-9-11-25(12-10-24)21-6-4-3-5-19(21)14-23/h3-8,13,20,26H,9-12,15-16H2,1-2H3. The van der Waals surface area contributed by atoms with E-state index in [1.54, 1.807) is 0 Å². The molecule has 1 N–H and O–H groups in total. The van der Waals surface area contributed by atoms with E-state index in [2.05, 4.69) is 21.9 Å². The van der Waals surface area contributed by atoms with Gasteiger partial charge >= 0.3 is 0 Å². The maximum absolute atomic E-state index is 10.4. The molecule has 2 aromatic carbocycles. The van der Waals surface area contributed by atoms with Gasteiger partial charge in [-0.1, -0.05) is 24.3 Å². The number of ether oxygens (including phenoxy) is 1. The first-order valence-electron chi connectivity index (χ1n) is 9.41. The fourth-order valence-electron chi connectivity index (χ4n) is 3.41. The number of aliphatic hydroxyl groups is 1. The first-order valence-corrected chi connectivity index (χ1v) is 9.41. The van der Waals surface area contributed by atoms with Gasteiger partial charge in [-0.25, -0.2) is 0 Å². The quantitative estimate of drug-likeness (QED) is 0.853. The zero-order chi connectivity index (χ0) is 19.2. The molecule has 142 valence electrons. The molecule has 1 unspecified atom stereocenters. The van der Waals surface area contributed by atoms with Crippen LogP contribution in [-0.4, -0.2) is 55.4 Å². The number of aryl methyl sites for hydroxylation is 2. The minimum atomic E-state index is -0.525. The minimum Gasteiger partial charge on any atom is -0.491 e. The minimum absolute atomic E-state index is 0.293. The molecule has 1 aliphatic heterocycles. The monoisotopic (exact) mass is 365 g/mol. The van der Waals surface area contributed by atoms with Gasteiger partial charge in [0.2, 0.25) is 0 Å². The zero-order valence-corrected chi connectivity index (χ0v) is 16.1. The molecule has 1 aliphatic rings. The van der Waals surface area contributed by atoms with Crippen molar-refractivity contribution in [2.45, 2.75) is 20.0 Å². The lowest BCUT2D eigenvalue weighted by Gasteiger charge is -2.37. The molecule has 5 heteroatoms.